The van der Waals surface area contributed by atoms with E-state index < -0.39 is 4.92 Å². The van der Waals surface area contributed by atoms with Crippen LogP contribution in [0.5, 0.6) is 0 Å². The molecule has 2 aromatic rings. The Hall–Kier alpha value is -2.29. The molecule has 1 unspecified atom stereocenters. The predicted molar refractivity (Wildman–Crippen MR) is 63.2 cm³/mol. The third-order valence-corrected chi connectivity index (χ3v) is 3.22. The SMILES string of the molecule is CC(NC(=O)c1ccc([N+](=O)[O-])s1)c1ncn[nH]1. The Morgan fingerprint density at radius 2 is 2.39 bits per heavy atom. The number of thiophene rings is 1. The number of amides is 1. The van der Waals surface area contributed by atoms with Crippen molar-refractivity contribution in [2.75, 3.05) is 0 Å². The average molecular weight is 267 g/mol. The molecule has 0 aliphatic heterocycles. The fourth-order valence-corrected chi connectivity index (χ4v) is 2.03. The summed E-state index contributed by atoms with van der Waals surface area (Å²) in [5.74, 6) is 0.145. The Morgan fingerprint density at radius 1 is 1.61 bits per heavy atom. The molecule has 0 spiro atoms. The lowest BCUT2D eigenvalue weighted by molar-refractivity contribution is -0.380. The third-order valence-electron chi connectivity index (χ3n) is 2.19. The molecule has 94 valence electrons. The van der Waals surface area contributed by atoms with Crippen LogP contribution in [0, 0.1) is 10.1 Å². The molecule has 0 saturated heterocycles. The van der Waals surface area contributed by atoms with Crippen LogP contribution in [0.15, 0.2) is 18.5 Å². The summed E-state index contributed by atoms with van der Waals surface area (Å²) in [6.45, 7) is 1.74. The number of nitro groups is 1. The normalized spacial score (nSPS) is 12.1. The molecule has 0 fully saturated rings. The summed E-state index contributed by atoms with van der Waals surface area (Å²) >= 11 is 0.831. The number of nitrogens with one attached hydrogen (secondary N) is 2. The Labute approximate surface area is 105 Å². The molecular weight excluding hydrogens is 258 g/mol. The van der Waals surface area contributed by atoms with E-state index in [0.29, 0.717) is 5.82 Å². The lowest BCUT2D eigenvalue weighted by Gasteiger charge is -2.09. The van der Waals surface area contributed by atoms with E-state index >= 15 is 0 Å². The zero-order valence-electron chi connectivity index (χ0n) is 9.28. The van der Waals surface area contributed by atoms with Crippen LogP contribution in [0.2, 0.25) is 0 Å². The topological polar surface area (TPSA) is 114 Å². The van der Waals surface area contributed by atoms with E-state index in [4.69, 9.17) is 0 Å². The molecule has 2 heterocycles. The molecule has 0 radical (unpaired) electrons. The van der Waals surface area contributed by atoms with Crippen LogP contribution >= 0.6 is 11.3 Å². The highest BCUT2D eigenvalue weighted by Gasteiger charge is 2.18. The summed E-state index contributed by atoms with van der Waals surface area (Å²) in [7, 11) is 0. The second-order valence-electron chi connectivity index (χ2n) is 3.46. The van der Waals surface area contributed by atoms with E-state index in [-0.39, 0.29) is 21.8 Å². The summed E-state index contributed by atoms with van der Waals surface area (Å²) in [5, 5.41) is 19.4. The number of aromatic amines is 1. The van der Waals surface area contributed by atoms with Crippen LogP contribution < -0.4 is 5.32 Å². The van der Waals surface area contributed by atoms with E-state index in [9.17, 15) is 14.9 Å². The smallest absolute Gasteiger partial charge is 0.324 e. The number of rotatable bonds is 4. The van der Waals surface area contributed by atoms with Crippen LogP contribution in [-0.2, 0) is 0 Å². The maximum atomic E-state index is 11.8. The van der Waals surface area contributed by atoms with Gasteiger partial charge in [-0.25, -0.2) is 4.98 Å². The Morgan fingerprint density at radius 3 is 2.94 bits per heavy atom. The van der Waals surface area contributed by atoms with Gasteiger partial charge in [0.25, 0.3) is 5.91 Å². The zero-order valence-corrected chi connectivity index (χ0v) is 10.1. The molecular formula is C9H9N5O3S. The van der Waals surface area contributed by atoms with Crippen molar-refractivity contribution in [3.05, 3.63) is 39.3 Å². The summed E-state index contributed by atoms with van der Waals surface area (Å²) < 4.78 is 0. The summed E-state index contributed by atoms with van der Waals surface area (Å²) in [6.07, 6.45) is 1.34. The fraction of sp³-hybridized carbons (Fsp3) is 0.222. The molecule has 2 rings (SSSR count). The van der Waals surface area contributed by atoms with Crippen LogP contribution in [0.3, 0.4) is 0 Å². The van der Waals surface area contributed by atoms with E-state index in [1.165, 1.54) is 18.5 Å². The van der Waals surface area contributed by atoms with E-state index in [2.05, 4.69) is 20.5 Å². The number of carbonyl (C=O) groups is 1. The molecule has 18 heavy (non-hydrogen) atoms. The zero-order chi connectivity index (χ0) is 13.1. The number of hydrogen-bond acceptors (Lipinski definition) is 6. The van der Waals surface area contributed by atoms with Gasteiger partial charge in [0.2, 0.25) is 0 Å². The minimum atomic E-state index is -0.526. The van der Waals surface area contributed by atoms with E-state index in [0.717, 1.165) is 11.3 Å². The first kappa shape index (κ1) is 12.2. The van der Waals surface area contributed by atoms with E-state index in [1.807, 2.05) is 0 Å². The highest BCUT2D eigenvalue weighted by Crippen LogP contribution is 2.24. The molecule has 0 aromatic carbocycles. The van der Waals surface area contributed by atoms with Gasteiger partial charge in [0.05, 0.1) is 15.8 Å². The van der Waals surface area contributed by atoms with Gasteiger partial charge in [-0.15, -0.1) is 0 Å². The lowest BCUT2D eigenvalue weighted by Crippen LogP contribution is -2.26. The number of hydrogen-bond donors (Lipinski definition) is 2. The monoisotopic (exact) mass is 267 g/mol. The largest absolute Gasteiger partial charge is 0.342 e. The first-order valence-electron chi connectivity index (χ1n) is 4.98. The van der Waals surface area contributed by atoms with Crippen molar-refractivity contribution < 1.29 is 9.72 Å². The third kappa shape index (κ3) is 2.51. The summed E-state index contributed by atoms with van der Waals surface area (Å²) in [4.78, 5) is 26.0. The van der Waals surface area contributed by atoms with Crippen molar-refractivity contribution in [2.45, 2.75) is 13.0 Å². The van der Waals surface area contributed by atoms with Crippen LogP contribution in [0.1, 0.15) is 28.5 Å². The van der Waals surface area contributed by atoms with Crippen LogP contribution in [-0.4, -0.2) is 26.0 Å². The average Bonchev–Trinajstić information content (AvgIpc) is 3.00. The molecule has 2 N–H and O–H groups in total. The predicted octanol–water partition coefficient (Wildman–Crippen LogP) is 1.27. The molecule has 0 aliphatic rings. The summed E-state index contributed by atoms with van der Waals surface area (Å²) in [5.41, 5.74) is 0. The first-order chi connectivity index (χ1) is 8.58. The maximum Gasteiger partial charge on any atom is 0.324 e. The van der Waals surface area contributed by atoms with Crippen molar-refractivity contribution in [2.24, 2.45) is 0 Å². The molecule has 0 saturated carbocycles. The maximum absolute atomic E-state index is 11.8. The molecule has 0 aliphatic carbocycles. The Balaban J connectivity index is 2.05. The van der Waals surface area contributed by atoms with Crippen molar-refractivity contribution in [1.82, 2.24) is 20.5 Å². The van der Waals surface area contributed by atoms with Crippen molar-refractivity contribution in [3.63, 3.8) is 0 Å². The molecule has 2 aromatic heterocycles. The minimum absolute atomic E-state index is 0.0625. The second-order valence-corrected chi connectivity index (χ2v) is 4.52. The lowest BCUT2D eigenvalue weighted by atomic mass is 10.3. The van der Waals surface area contributed by atoms with Gasteiger partial charge in [0.15, 0.2) is 0 Å². The van der Waals surface area contributed by atoms with Gasteiger partial charge >= 0.3 is 5.00 Å². The van der Waals surface area contributed by atoms with Gasteiger partial charge < -0.3 is 5.32 Å². The molecule has 1 atom stereocenters. The first-order valence-corrected chi connectivity index (χ1v) is 5.80. The van der Waals surface area contributed by atoms with Crippen molar-refractivity contribution in [1.29, 1.82) is 0 Å². The van der Waals surface area contributed by atoms with Gasteiger partial charge in [-0.05, 0) is 13.0 Å². The number of nitrogens with zero attached hydrogens (tertiary/aromatic N) is 3. The number of carbonyl (C=O) groups excluding carboxylic acids is 1. The van der Waals surface area contributed by atoms with Crippen LogP contribution in [0.4, 0.5) is 5.00 Å². The fourth-order valence-electron chi connectivity index (χ4n) is 1.31. The van der Waals surface area contributed by atoms with Gasteiger partial charge in [0, 0.05) is 6.07 Å². The van der Waals surface area contributed by atoms with E-state index in [1.54, 1.807) is 6.92 Å². The second kappa shape index (κ2) is 4.92. The van der Waals surface area contributed by atoms with Gasteiger partial charge in [-0.1, -0.05) is 11.3 Å². The van der Waals surface area contributed by atoms with Crippen molar-refractivity contribution >= 4 is 22.2 Å². The molecule has 9 heteroatoms. The Bertz CT molecular complexity index is 565. The molecule has 1 amide bonds. The highest BCUT2D eigenvalue weighted by molar-refractivity contribution is 7.17. The van der Waals surface area contributed by atoms with Gasteiger partial charge in [-0.2, -0.15) is 5.10 Å². The quantitative estimate of drug-likeness (QED) is 0.639. The minimum Gasteiger partial charge on any atom is -0.342 e. The van der Waals surface area contributed by atoms with Crippen molar-refractivity contribution in [3.8, 4) is 0 Å². The molecule has 8 nitrogen and oxygen atoms in total. The van der Waals surface area contributed by atoms with Gasteiger partial charge in [0.1, 0.15) is 12.2 Å². The number of H-pyrrole nitrogens is 1. The Kier molecular flexibility index (Phi) is 3.33. The summed E-state index contributed by atoms with van der Waals surface area (Å²) in [6, 6.07) is 2.38. The number of aromatic nitrogens is 3. The molecule has 0 bridgehead atoms. The van der Waals surface area contributed by atoms with Crippen LogP contribution in [0.25, 0.3) is 0 Å². The standard InChI is InChI=1S/C9H9N5O3S/c1-5(8-10-4-11-13-8)12-9(15)6-2-3-7(18-6)14(16)17/h2-5H,1H3,(H,12,15)(H,10,11,13). The highest BCUT2D eigenvalue weighted by atomic mass is 32.1. The van der Waals surface area contributed by atoms with Gasteiger partial charge in [-0.3, -0.25) is 20.0 Å².